The predicted molar refractivity (Wildman–Crippen MR) is 122 cm³/mol. The van der Waals surface area contributed by atoms with Gasteiger partial charge in [-0.2, -0.15) is 5.01 Å². The zero-order chi connectivity index (χ0) is 24.3. The second-order valence-electron chi connectivity index (χ2n) is 9.08. The molecule has 0 atom stereocenters. The largest absolute Gasteiger partial charge is 0.486 e. The van der Waals surface area contributed by atoms with Crippen molar-refractivity contribution in [2.75, 3.05) is 38.2 Å². The van der Waals surface area contributed by atoms with Gasteiger partial charge in [0.15, 0.2) is 11.5 Å². The zero-order valence-corrected chi connectivity index (χ0v) is 19.5. The van der Waals surface area contributed by atoms with E-state index in [1.165, 1.54) is 0 Å². The highest BCUT2D eigenvalue weighted by Gasteiger charge is 2.52. The van der Waals surface area contributed by atoms with E-state index in [9.17, 15) is 19.2 Å². The molecule has 1 aromatic rings. The van der Waals surface area contributed by atoms with Crippen LogP contribution in [0.1, 0.15) is 39.5 Å². The summed E-state index contributed by atoms with van der Waals surface area (Å²) in [6.07, 6.45) is 2.81. The van der Waals surface area contributed by atoms with E-state index in [2.05, 4.69) is 23.0 Å². The van der Waals surface area contributed by atoms with E-state index in [0.717, 1.165) is 17.9 Å². The summed E-state index contributed by atoms with van der Waals surface area (Å²) in [7, 11) is 0. The van der Waals surface area contributed by atoms with Gasteiger partial charge in [-0.25, -0.2) is 4.79 Å². The molecule has 11 heteroatoms. The number of nitrogens with one attached hydrogen (secondary N) is 3. The number of fused-ring (bicyclic) bond motifs is 1. The second kappa shape index (κ2) is 9.88. The SMILES string of the molecule is CCN(CC(=O)Nc1ccc2c(c1)OCCO2)CC(=O)NN1C(=O)NC2(CCC(C)CC2)C1=O. The third-order valence-electron chi connectivity index (χ3n) is 6.53. The Morgan fingerprint density at radius 2 is 1.79 bits per heavy atom. The summed E-state index contributed by atoms with van der Waals surface area (Å²) in [6.45, 7) is 5.10. The molecule has 184 valence electrons. The molecule has 34 heavy (non-hydrogen) atoms. The Kier molecular flexibility index (Phi) is 6.92. The van der Waals surface area contributed by atoms with Crippen molar-refractivity contribution in [3.05, 3.63) is 18.2 Å². The Morgan fingerprint density at radius 1 is 1.12 bits per heavy atom. The molecular weight excluding hydrogens is 442 g/mol. The first-order chi connectivity index (χ1) is 16.3. The first-order valence-corrected chi connectivity index (χ1v) is 11.7. The quantitative estimate of drug-likeness (QED) is 0.508. The monoisotopic (exact) mass is 473 g/mol. The van der Waals surface area contributed by atoms with E-state index < -0.39 is 23.4 Å². The van der Waals surface area contributed by atoms with E-state index >= 15 is 0 Å². The lowest BCUT2D eigenvalue weighted by Gasteiger charge is -2.33. The molecule has 2 heterocycles. The van der Waals surface area contributed by atoms with E-state index in [4.69, 9.17) is 9.47 Å². The highest BCUT2D eigenvalue weighted by atomic mass is 16.6. The van der Waals surface area contributed by atoms with E-state index in [1.807, 2.05) is 6.92 Å². The molecule has 3 N–H and O–H groups in total. The third kappa shape index (κ3) is 5.09. The number of rotatable bonds is 7. The van der Waals surface area contributed by atoms with Gasteiger partial charge in [-0.05, 0) is 50.3 Å². The van der Waals surface area contributed by atoms with Gasteiger partial charge >= 0.3 is 6.03 Å². The normalized spacial score (nSPS) is 23.7. The van der Waals surface area contributed by atoms with Crippen molar-refractivity contribution in [3.8, 4) is 11.5 Å². The van der Waals surface area contributed by atoms with Crippen LogP contribution < -0.4 is 25.5 Å². The maximum atomic E-state index is 12.9. The molecule has 0 unspecified atom stereocenters. The maximum Gasteiger partial charge on any atom is 0.344 e. The fourth-order valence-corrected chi connectivity index (χ4v) is 4.48. The Bertz CT molecular complexity index is 975. The number of benzene rings is 1. The van der Waals surface area contributed by atoms with Crippen LogP contribution >= 0.6 is 0 Å². The van der Waals surface area contributed by atoms with Gasteiger partial charge in [-0.1, -0.05) is 13.8 Å². The van der Waals surface area contributed by atoms with Crippen molar-refractivity contribution in [2.24, 2.45) is 5.92 Å². The second-order valence-corrected chi connectivity index (χ2v) is 9.08. The first-order valence-electron chi connectivity index (χ1n) is 11.7. The molecule has 4 rings (SSSR count). The number of hydrazine groups is 1. The minimum absolute atomic E-state index is 0.0413. The van der Waals surface area contributed by atoms with Crippen molar-refractivity contribution in [3.63, 3.8) is 0 Å². The Morgan fingerprint density at radius 3 is 2.50 bits per heavy atom. The lowest BCUT2D eigenvalue weighted by Crippen LogP contribution is -2.53. The molecule has 1 saturated carbocycles. The van der Waals surface area contributed by atoms with Crippen LogP contribution in [-0.4, -0.2) is 72.0 Å². The van der Waals surface area contributed by atoms with Crippen LogP contribution in [0.3, 0.4) is 0 Å². The van der Waals surface area contributed by atoms with E-state index in [-0.39, 0.29) is 19.0 Å². The highest BCUT2D eigenvalue weighted by molar-refractivity contribution is 6.08. The van der Waals surface area contributed by atoms with Crippen LogP contribution in [0.2, 0.25) is 0 Å². The summed E-state index contributed by atoms with van der Waals surface area (Å²) in [5.74, 6) is 0.425. The number of amides is 5. The fraction of sp³-hybridized carbons (Fsp3) is 0.565. The standard InChI is InChI=1S/C23H31N5O6/c1-3-27(13-19(29)24-16-4-5-17-18(12-16)34-11-10-33-17)14-20(30)26-28-21(31)23(25-22(28)32)8-6-15(2)7-9-23/h4-5,12,15H,3,6-11,13-14H2,1-2H3,(H,24,29)(H,25,32)(H,26,30). The van der Waals surface area contributed by atoms with Crippen molar-refractivity contribution in [2.45, 2.75) is 45.1 Å². The maximum absolute atomic E-state index is 12.9. The number of carbonyl (C=O) groups is 4. The Balaban J connectivity index is 1.29. The molecular formula is C23H31N5O6. The number of urea groups is 1. The van der Waals surface area contributed by atoms with Crippen LogP contribution in [0.5, 0.6) is 11.5 Å². The number of likely N-dealkylation sites (N-methyl/N-ethyl adjacent to an activating group) is 1. The number of nitrogens with zero attached hydrogens (tertiary/aromatic N) is 2. The number of hydrogen-bond acceptors (Lipinski definition) is 7. The molecule has 2 fully saturated rings. The summed E-state index contributed by atoms with van der Waals surface area (Å²) < 4.78 is 11.0. The predicted octanol–water partition coefficient (Wildman–Crippen LogP) is 1.25. The number of hydrogen-bond donors (Lipinski definition) is 3. The minimum Gasteiger partial charge on any atom is -0.486 e. The lowest BCUT2D eigenvalue weighted by molar-refractivity contribution is -0.140. The Hall–Kier alpha value is -3.34. The van der Waals surface area contributed by atoms with Crippen LogP contribution in [0, 0.1) is 5.92 Å². The smallest absolute Gasteiger partial charge is 0.344 e. The van der Waals surface area contributed by atoms with Gasteiger partial charge in [-0.3, -0.25) is 24.7 Å². The van der Waals surface area contributed by atoms with Gasteiger partial charge in [0.25, 0.3) is 11.8 Å². The van der Waals surface area contributed by atoms with Crippen molar-refractivity contribution >= 4 is 29.4 Å². The summed E-state index contributed by atoms with van der Waals surface area (Å²) in [5, 5.41) is 6.33. The number of anilines is 1. The van der Waals surface area contributed by atoms with Gasteiger partial charge in [0, 0.05) is 11.8 Å². The summed E-state index contributed by atoms with van der Waals surface area (Å²) in [4.78, 5) is 52.0. The zero-order valence-electron chi connectivity index (χ0n) is 19.5. The van der Waals surface area contributed by atoms with Gasteiger partial charge in [0.1, 0.15) is 18.8 Å². The highest BCUT2D eigenvalue weighted by Crippen LogP contribution is 2.36. The van der Waals surface area contributed by atoms with Crippen LogP contribution in [0.4, 0.5) is 10.5 Å². The first kappa shape index (κ1) is 23.8. The molecule has 1 aliphatic carbocycles. The van der Waals surface area contributed by atoms with Crippen LogP contribution in [0.15, 0.2) is 18.2 Å². The third-order valence-corrected chi connectivity index (χ3v) is 6.53. The van der Waals surface area contributed by atoms with Crippen molar-refractivity contribution in [1.82, 2.24) is 20.7 Å². The molecule has 11 nitrogen and oxygen atoms in total. The van der Waals surface area contributed by atoms with Gasteiger partial charge in [0.05, 0.1) is 13.1 Å². The van der Waals surface area contributed by atoms with Gasteiger partial charge in [0.2, 0.25) is 5.91 Å². The molecule has 1 aromatic carbocycles. The molecule has 1 saturated heterocycles. The summed E-state index contributed by atoms with van der Waals surface area (Å²) in [6, 6.07) is 4.52. The fourth-order valence-electron chi connectivity index (χ4n) is 4.48. The van der Waals surface area contributed by atoms with Gasteiger partial charge in [-0.15, -0.1) is 0 Å². The molecule has 0 aromatic heterocycles. The average molecular weight is 474 g/mol. The van der Waals surface area contributed by atoms with Crippen LogP contribution in [0.25, 0.3) is 0 Å². The average Bonchev–Trinajstić information content (AvgIpc) is 3.04. The minimum atomic E-state index is -0.926. The molecule has 5 amide bonds. The van der Waals surface area contributed by atoms with Crippen LogP contribution in [-0.2, 0) is 14.4 Å². The summed E-state index contributed by atoms with van der Waals surface area (Å²) >= 11 is 0. The number of imide groups is 1. The molecule has 0 radical (unpaired) electrons. The van der Waals surface area contributed by atoms with Gasteiger partial charge < -0.3 is 20.1 Å². The van der Waals surface area contributed by atoms with Crippen molar-refractivity contribution in [1.29, 1.82) is 0 Å². The lowest BCUT2D eigenvalue weighted by atomic mass is 9.77. The molecule has 3 aliphatic rings. The topological polar surface area (TPSA) is 129 Å². The molecule has 1 spiro atoms. The molecule has 2 aliphatic heterocycles. The number of ether oxygens (including phenoxy) is 2. The Labute approximate surface area is 198 Å². The van der Waals surface area contributed by atoms with E-state index in [1.54, 1.807) is 23.1 Å². The summed E-state index contributed by atoms with van der Waals surface area (Å²) in [5.41, 5.74) is 2.04. The number of carbonyl (C=O) groups excluding carboxylic acids is 4. The molecule has 0 bridgehead atoms. The van der Waals surface area contributed by atoms with Crippen molar-refractivity contribution < 1.29 is 28.7 Å². The van der Waals surface area contributed by atoms with E-state index in [0.29, 0.717) is 55.7 Å².